The monoisotopic (exact) mass is 356 g/mol. The summed E-state index contributed by atoms with van der Waals surface area (Å²) < 4.78 is 10.4. The second kappa shape index (κ2) is 9.46. The molecule has 0 spiro atoms. The highest BCUT2D eigenvalue weighted by Crippen LogP contribution is 2.27. The quantitative estimate of drug-likeness (QED) is 0.713. The van der Waals surface area contributed by atoms with E-state index in [4.69, 9.17) is 9.47 Å². The van der Waals surface area contributed by atoms with Crippen LogP contribution < -0.4 is 20.1 Å². The lowest BCUT2D eigenvalue weighted by atomic mass is 10.1. The van der Waals surface area contributed by atoms with Gasteiger partial charge in [0.2, 0.25) is 11.8 Å². The highest BCUT2D eigenvalue weighted by atomic mass is 16.5. The molecule has 0 fully saturated rings. The normalized spacial score (nSPS) is 10.1. The van der Waals surface area contributed by atoms with E-state index in [1.54, 1.807) is 26.4 Å². The maximum Gasteiger partial charge on any atom is 0.233 e. The topological polar surface area (TPSA) is 76.7 Å². The standard InChI is InChI=1S/C20H24N2O4/c1-4-14-5-8-16(9-6-14)22-20(24)12-19(23)21-13-15-7-10-17(25-2)18(11-15)26-3/h5-11H,4,12-13H2,1-3H3,(H,21,23)(H,22,24). The predicted octanol–water partition coefficient (Wildman–Crippen LogP) is 2.91. The molecule has 0 heterocycles. The molecule has 0 saturated heterocycles. The van der Waals surface area contributed by atoms with Crippen molar-refractivity contribution >= 4 is 17.5 Å². The minimum atomic E-state index is -0.348. The molecule has 2 N–H and O–H groups in total. The zero-order valence-corrected chi connectivity index (χ0v) is 15.3. The lowest BCUT2D eigenvalue weighted by molar-refractivity contribution is -0.126. The zero-order valence-electron chi connectivity index (χ0n) is 15.3. The Morgan fingerprint density at radius 3 is 2.15 bits per heavy atom. The summed E-state index contributed by atoms with van der Waals surface area (Å²) in [5, 5.41) is 5.45. The predicted molar refractivity (Wildman–Crippen MR) is 100 cm³/mol. The Kier molecular flexibility index (Phi) is 7.02. The van der Waals surface area contributed by atoms with Crippen LogP contribution in [-0.2, 0) is 22.6 Å². The number of rotatable bonds is 8. The van der Waals surface area contributed by atoms with Crippen molar-refractivity contribution in [2.75, 3.05) is 19.5 Å². The van der Waals surface area contributed by atoms with Gasteiger partial charge in [0.1, 0.15) is 6.42 Å². The van der Waals surface area contributed by atoms with E-state index in [1.165, 1.54) is 5.56 Å². The van der Waals surface area contributed by atoms with Gasteiger partial charge in [0, 0.05) is 12.2 Å². The number of hydrogen-bond acceptors (Lipinski definition) is 4. The highest BCUT2D eigenvalue weighted by Gasteiger charge is 2.10. The first-order valence-electron chi connectivity index (χ1n) is 8.42. The third-order valence-corrected chi connectivity index (χ3v) is 3.90. The molecule has 0 saturated carbocycles. The van der Waals surface area contributed by atoms with E-state index >= 15 is 0 Å². The molecule has 2 rings (SSSR count). The van der Waals surface area contributed by atoms with E-state index in [-0.39, 0.29) is 18.2 Å². The summed E-state index contributed by atoms with van der Waals surface area (Å²) in [4.78, 5) is 23.9. The second-order valence-electron chi connectivity index (χ2n) is 5.74. The third kappa shape index (κ3) is 5.51. The summed E-state index contributed by atoms with van der Waals surface area (Å²) in [7, 11) is 3.12. The Hall–Kier alpha value is -3.02. The smallest absolute Gasteiger partial charge is 0.233 e. The maximum atomic E-state index is 12.0. The van der Waals surface area contributed by atoms with Crippen LogP contribution in [0, 0.1) is 0 Å². The molecule has 0 aliphatic heterocycles. The lowest BCUT2D eigenvalue weighted by Crippen LogP contribution is -2.27. The van der Waals surface area contributed by atoms with Gasteiger partial charge in [0.15, 0.2) is 11.5 Å². The molecule has 2 aromatic rings. The molecular formula is C20H24N2O4. The van der Waals surface area contributed by atoms with Crippen molar-refractivity contribution < 1.29 is 19.1 Å². The molecule has 0 aromatic heterocycles. The van der Waals surface area contributed by atoms with Gasteiger partial charge in [-0.05, 0) is 41.8 Å². The Labute approximate surface area is 153 Å². The molecule has 6 heteroatoms. The second-order valence-corrected chi connectivity index (χ2v) is 5.74. The zero-order chi connectivity index (χ0) is 18.9. The van der Waals surface area contributed by atoms with E-state index in [0.717, 1.165) is 12.0 Å². The minimum absolute atomic E-state index is 0.233. The first kappa shape index (κ1) is 19.3. The van der Waals surface area contributed by atoms with Gasteiger partial charge in [-0.2, -0.15) is 0 Å². The first-order chi connectivity index (χ1) is 12.5. The van der Waals surface area contributed by atoms with Crippen molar-refractivity contribution in [1.29, 1.82) is 0 Å². The fraction of sp³-hybridized carbons (Fsp3) is 0.300. The van der Waals surface area contributed by atoms with Crippen molar-refractivity contribution in [3.63, 3.8) is 0 Å². The van der Waals surface area contributed by atoms with Crippen molar-refractivity contribution in [1.82, 2.24) is 5.32 Å². The lowest BCUT2D eigenvalue weighted by Gasteiger charge is -2.10. The van der Waals surface area contributed by atoms with E-state index in [2.05, 4.69) is 17.6 Å². The van der Waals surface area contributed by atoms with Gasteiger partial charge in [0.25, 0.3) is 0 Å². The Balaban J connectivity index is 1.83. The van der Waals surface area contributed by atoms with Gasteiger partial charge in [-0.1, -0.05) is 25.1 Å². The number of hydrogen-bond donors (Lipinski definition) is 2. The van der Waals surface area contributed by atoms with Crippen LogP contribution in [0.1, 0.15) is 24.5 Å². The average Bonchev–Trinajstić information content (AvgIpc) is 2.66. The molecule has 6 nitrogen and oxygen atoms in total. The number of carbonyl (C=O) groups excluding carboxylic acids is 2. The summed E-state index contributed by atoms with van der Waals surface area (Å²) in [6.07, 6.45) is 0.704. The molecule has 0 radical (unpaired) electrons. The van der Waals surface area contributed by atoms with Crippen LogP contribution in [0.4, 0.5) is 5.69 Å². The van der Waals surface area contributed by atoms with E-state index in [1.807, 2.05) is 30.3 Å². The van der Waals surface area contributed by atoms with Crippen molar-refractivity contribution in [3.05, 3.63) is 53.6 Å². The Morgan fingerprint density at radius 2 is 1.54 bits per heavy atom. The van der Waals surface area contributed by atoms with Crippen LogP contribution in [0.25, 0.3) is 0 Å². The SMILES string of the molecule is CCc1ccc(NC(=O)CC(=O)NCc2ccc(OC)c(OC)c2)cc1. The molecule has 0 aliphatic carbocycles. The number of ether oxygens (including phenoxy) is 2. The number of benzene rings is 2. The first-order valence-corrected chi connectivity index (χ1v) is 8.42. The summed E-state index contributed by atoms with van der Waals surface area (Å²) >= 11 is 0. The number of carbonyl (C=O) groups is 2. The third-order valence-electron chi connectivity index (χ3n) is 3.90. The van der Waals surface area contributed by atoms with Crippen LogP contribution in [0.15, 0.2) is 42.5 Å². The van der Waals surface area contributed by atoms with E-state index in [9.17, 15) is 9.59 Å². The molecule has 0 atom stereocenters. The van der Waals surface area contributed by atoms with Gasteiger partial charge in [-0.3, -0.25) is 9.59 Å². The molecule has 26 heavy (non-hydrogen) atoms. The van der Waals surface area contributed by atoms with Gasteiger partial charge in [-0.25, -0.2) is 0 Å². The van der Waals surface area contributed by atoms with Crippen molar-refractivity contribution in [2.45, 2.75) is 26.3 Å². The van der Waals surface area contributed by atoms with E-state index in [0.29, 0.717) is 23.7 Å². The van der Waals surface area contributed by atoms with Crippen LogP contribution >= 0.6 is 0 Å². The number of anilines is 1. The molecule has 0 unspecified atom stereocenters. The number of methoxy groups -OCH3 is 2. The van der Waals surface area contributed by atoms with Crippen LogP contribution in [0.5, 0.6) is 11.5 Å². The molecule has 0 bridgehead atoms. The molecule has 2 aromatic carbocycles. The fourth-order valence-electron chi connectivity index (χ4n) is 2.43. The Bertz CT molecular complexity index is 757. The van der Waals surface area contributed by atoms with Crippen LogP contribution in [0.3, 0.4) is 0 Å². The number of aryl methyl sites for hydroxylation is 1. The minimum Gasteiger partial charge on any atom is -0.493 e. The van der Waals surface area contributed by atoms with Gasteiger partial charge in [-0.15, -0.1) is 0 Å². The summed E-state index contributed by atoms with van der Waals surface area (Å²) in [6.45, 7) is 2.37. The summed E-state index contributed by atoms with van der Waals surface area (Å²) in [5.41, 5.74) is 2.72. The molecule has 2 amide bonds. The summed E-state index contributed by atoms with van der Waals surface area (Å²) in [6, 6.07) is 13.0. The molecule has 138 valence electrons. The average molecular weight is 356 g/mol. The van der Waals surface area contributed by atoms with Gasteiger partial charge in [0.05, 0.1) is 14.2 Å². The Morgan fingerprint density at radius 1 is 0.885 bits per heavy atom. The van der Waals surface area contributed by atoms with E-state index < -0.39 is 0 Å². The number of amides is 2. The van der Waals surface area contributed by atoms with Gasteiger partial charge >= 0.3 is 0 Å². The van der Waals surface area contributed by atoms with Crippen LogP contribution in [0.2, 0.25) is 0 Å². The van der Waals surface area contributed by atoms with Gasteiger partial charge < -0.3 is 20.1 Å². The number of nitrogens with one attached hydrogen (secondary N) is 2. The molecule has 0 aliphatic rings. The van der Waals surface area contributed by atoms with Crippen molar-refractivity contribution in [2.24, 2.45) is 0 Å². The summed E-state index contributed by atoms with van der Waals surface area (Å²) in [5.74, 6) is 0.519. The van der Waals surface area contributed by atoms with Crippen molar-refractivity contribution in [3.8, 4) is 11.5 Å². The largest absolute Gasteiger partial charge is 0.493 e. The van der Waals surface area contributed by atoms with Crippen LogP contribution in [-0.4, -0.2) is 26.0 Å². The highest BCUT2D eigenvalue weighted by molar-refractivity contribution is 6.03. The molecular weight excluding hydrogens is 332 g/mol. The maximum absolute atomic E-state index is 12.0. The fourth-order valence-corrected chi connectivity index (χ4v) is 2.43.